The molecule has 0 bridgehead atoms. The van der Waals surface area contributed by atoms with Crippen LogP contribution in [0.2, 0.25) is 5.02 Å². The van der Waals surface area contributed by atoms with E-state index in [0.717, 1.165) is 0 Å². The number of benzene rings is 1. The average molecular weight is 328 g/mol. The molecule has 0 unspecified atom stereocenters. The summed E-state index contributed by atoms with van der Waals surface area (Å²) in [6.45, 7) is 0.416. The number of nitro groups is 1. The average Bonchev–Trinajstić information content (AvgIpc) is 2.46. The van der Waals surface area contributed by atoms with Crippen LogP contribution in [0.15, 0.2) is 24.4 Å². The van der Waals surface area contributed by atoms with Crippen molar-refractivity contribution in [1.29, 1.82) is 0 Å². The molecule has 116 valence electrons. The molecule has 0 N–H and O–H groups in total. The van der Waals surface area contributed by atoms with Crippen LogP contribution in [-0.4, -0.2) is 28.9 Å². The zero-order valence-electron chi connectivity index (χ0n) is 11.4. The Labute approximate surface area is 129 Å². The van der Waals surface area contributed by atoms with Crippen molar-refractivity contribution in [3.05, 3.63) is 39.5 Å². The highest BCUT2D eigenvalue weighted by Gasteiger charge is 2.34. The summed E-state index contributed by atoms with van der Waals surface area (Å²) >= 11 is 6.17. The molecule has 1 fully saturated rings. The van der Waals surface area contributed by atoms with Gasteiger partial charge in [0.15, 0.2) is 0 Å². The van der Waals surface area contributed by atoms with Crippen LogP contribution in [0.1, 0.15) is 12.8 Å². The minimum absolute atomic E-state index is 0.146. The van der Waals surface area contributed by atoms with E-state index in [1.165, 1.54) is 18.3 Å². The molecule has 2 heterocycles. The Balaban J connectivity index is 2.06. The Hall–Kier alpha value is -2.02. The lowest BCUT2D eigenvalue weighted by molar-refractivity contribution is -0.384. The molecule has 8 heteroatoms. The highest BCUT2D eigenvalue weighted by atomic mass is 35.5. The van der Waals surface area contributed by atoms with Gasteiger partial charge < -0.3 is 4.90 Å². The van der Waals surface area contributed by atoms with E-state index >= 15 is 0 Å². The lowest BCUT2D eigenvalue weighted by atomic mass is 10.0. The van der Waals surface area contributed by atoms with Crippen LogP contribution in [0.4, 0.5) is 20.2 Å². The largest absolute Gasteiger partial charge is 0.370 e. The summed E-state index contributed by atoms with van der Waals surface area (Å²) in [6.07, 6.45) is 1.06. The van der Waals surface area contributed by atoms with Gasteiger partial charge in [-0.3, -0.25) is 15.1 Å². The fourth-order valence-corrected chi connectivity index (χ4v) is 2.95. The molecule has 1 saturated heterocycles. The third kappa shape index (κ3) is 2.68. The molecule has 1 aromatic heterocycles. The van der Waals surface area contributed by atoms with Gasteiger partial charge in [-0.25, -0.2) is 8.78 Å². The molecule has 2 aromatic rings. The van der Waals surface area contributed by atoms with Gasteiger partial charge in [0.2, 0.25) is 0 Å². The summed E-state index contributed by atoms with van der Waals surface area (Å²) in [4.78, 5) is 16.3. The van der Waals surface area contributed by atoms with E-state index in [9.17, 15) is 18.9 Å². The number of aromatic nitrogens is 1. The fraction of sp³-hybridized carbons (Fsp3) is 0.357. The van der Waals surface area contributed by atoms with Crippen LogP contribution in [0, 0.1) is 10.1 Å². The van der Waals surface area contributed by atoms with Gasteiger partial charge in [0.05, 0.1) is 15.5 Å². The van der Waals surface area contributed by atoms with E-state index < -0.39 is 10.8 Å². The Kier molecular flexibility index (Phi) is 3.60. The van der Waals surface area contributed by atoms with Gasteiger partial charge >= 0.3 is 0 Å². The van der Waals surface area contributed by atoms with Gasteiger partial charge in [-0.2, -0.15) is 0 Å². The van der Waals surface area contributed by atoms with Gasteiger partial charge in [-0.1, -0.05) is 11.6 Å². The van der Waals surface area contributed by atoms with Gasteiger partial charge in [-0.05, 0) is 6.07 Å². The number of nitro benzene ring substituents is 1. The molecule has 0 atom stereocenters. The zero-order chi connectivity index (χ0) is 15.9. The van der Waals surface area contributed by atoms with Crippen LogP contribution in [0.5, 0.6) is 0 Å². The summed E-state index contributed by atoms with van der Waals surface area (Å²) in [7, 11) is 0. The van der Waals surface area contributed by atoms with E-state index in [-0.39, 0.29) is 36.6 Å². The molecule has 0 radical (unpaired) electrons. The second kappa shape index (κ2) is 5.31. The SMILES string of the molecule is O=[N+]([O-])c1cc(Cl)c2c(N3CCC(F)(F)CC3)ccnc2c1. The number of alkyl halides is 2. The molecular weight excluding hydrogens is 316 g/mol. The third-order valence-corrected chi connectivity index (χ3v) is 4.10. The molecule has 22 heavy (non-hydrogen) atoms. The maximum atomic E-state index is 13.3. The number of fused-ring (bicyclic) bond motifs is 1. The maximum absolute atomic E-state index is 13.3. The summed E-state index contributed by atoms with van der Waals surface area (Å²) in [6, 6.07) is 4.29. The van der Waals surface area contributed by atoms with Crippen molar-refractivity contribution in [2.75, 3.05) is 18.0 Å². The first kappa shape index (κ1) is 14.9. The molecule has 0 saturated carbocycles. The minimum atomic E-state index is -2.64. The van der Waals surface area contributed by atoms with E-state index in [2.05, 4.69) is 4.98 Å². The van der Waals surface area contributed by atoms with E-state index in [1.807, 2.05) is 4.90 Å². The number of rotatable bonds is 2. The van der Waals surface area contributed by atoms with Crippen LogP contribution in [0.25, 0.3) is 10.9 Å². The second-order valence-corrected chi connectivity index (χ2v) is 5.66. The third-order valence-electron chi connectivity index (χ3n) is 3.80. The van der Waals surface area contributed by atoms with Crippen LogP contribution < -0.4 is 4.90 Å². The molecule has 1 aliphatic heterocycles. The van der Waals surface area contributed by atoms with Crippen molar-refractivity contribution in [3.8, 4) is 0 Å². The Morgan fingerprint density at radius 2 is 2.00 bits per heavy atom. The monoisotopic (exact) mass is 327 g/mol. The minimum Gasteiger partial charge on any atom is -0.370 e. The highest BCUT2D eigenvalue weighted by molar-refractivity contribution is 6.36. The molecular formula is C14H12ClF2N3O2. The van der Waals surface area contributed by atoms with E-state index in [1.54, 1.807) is 6.07 Å². The Morgan fingerprint density at radius 1 is 1.32 bits per heavy atom. The predicted molar refractivity (Wildman–Crippen MR) is 79.8 cm³/mol. The number of pyridine rings is 1. The number of nitrogens with zero attached hydrogens (tertiary/aromatic N) is 3. The zero-order valence-corrected chi connectivity index (χ0v) is 12.2. The van der Waals surface area contributed by atoms with Gasteiger partial charge in [0.25, 0.3) is 11.6 Å². The van der Waals surface area contributed by atoms with Crippen molar-refractivity contribution in [2.24, 2.45) is 0 Å². The van der Waals surface area contributed by atoms with Gasteiger partial charge in [0.1, 0.15) is 0 Å². The van der Waals surface area contributed by atoms with Crippen molar-refractivity contribution in [1.82, 2.24) is 4.98 Å². The summed E-state index contributed by atoms with van der Waals surface area (Å²) in [5.41, 5.74) is 0.918. The molecule has 1 aliphatic rings. The molecule has 5 nitrogen and oxygen atoms in total. The number of piperidine rings is 1. The number of hydrogen-bond donors (Lipinski definition) is 0. The van der Waals surface area contributed by atoms with Crippen molar-refractivity contribution in [2.45, 2.75) is 18.8 Å². The van der Waals surface area contributed by atoms with Crippen molar-refractivity contribution in [3.63, 3.8) is 0 Å². The first-order valence-corrected chi connectivity index (χ1v) is 7.11. The smallest absolute Gasteiger partial charge is 0.273 e. The predicted octanol–water partition coefficient (Wildman–Crippen LogP) is 4.03. The number of hydrogen-bond acceptors (Lipinski definition) is 4. The molecule has 0 aliphatic carbocycles. The summed E-state index contributed by atoms with van der Waals surface area (Å²) in [5.74, 6) is -2.64. The topological polar surface area (TPSA) is 59.3 Å². The van der Waals surface area contributed by atoms with Crippen molar-refractivity contribution < 1.29 is 13.7 Å². The molecule has 0 amide bonds. The quantitative estimate of drug-likeness (QED) is 0.617. The number of halogens is 3. The summed E-state index contributed by atoms with van der Waals surface area (Å²) in [5, 5.41) is 11.6. The lowest BCUT2D eigenvalue weighted by Gasteiger charge is -2.34. The normalized spacial score (nSPS) is 17.7. The van der Waals surface area contributed by atoms with E-state index in [4.69, 9.17) is 11.6 Å². The van der Waals surface area contributed by atoms with E-state index in [0.29, 0.717) is 16.6 Å². The van der Waals surface area contributed by atoms with Gasteiger partial charge in [0, 0.05) is 55.3 Å². The molecule has 3 rings (SSSR count). The molecule has 0 spiro atoms. The number of non-ortho nitro benzene ring substituents is 1. The highest BCUT2D eigenvalue weighted by Crippen LogP contribution is 2.37. The maximum Gasteiger partial charge on any atom is 0.273 e. The molecule has 1 aromatic carbocycles. The second-order valence-electron chi connectivity index (χ2n) is 5.25. The first-order chi connectivity index (χ1) is 10.4. The van der Waals surface area contributed by atoms with Gasteiger partial charge in [-0.15, -0.1) is 0 Å². The fourth-order valence-electron chi connectivity index (χ4n) is 2.65. The standard InChI is InChI=1S/C14H12ClF2N3O2/c15-10-7-9(20(21)22)8-11-13(10)12(1-4-18-11)19-5-2-14(16,17)3-6-19/h1,4,7-8H,2-3,5-6H2. The Bertz CT molecular complexity index is 744. The van der Waals surface area contributed by atoms with Crippen LogP contribution in [0.3, 0.4) is 0 Å². The summed E-state index contributed by atoms with van der Waals surface area (Å²) < 4.78 is 26.6. The van der Waals surface area contributed by atoms with Crippen LogP contribution >= 0.6 is 11.6 Å². The Morgan fingerprint density at radius 3 is 2.64 bits per heavy atom. The van der Waals surface area contributed by atoms with Crippen LogP contribution in [-0.2, 0) is 0 Å². The number of anilines is 1. The lowest BCUT2D eigenvalue weighted by Crippen LogP contribution is -2.39. The first-order valence-electron chi connectivity index (χ1n) is 6.73. The van der Waals surface area contributed by atoms with Crippen molar-refractivity contribution >= 4 is 33.9 Å².